The van der Waals surface area contributed by atoms with Gasteiger partial charge in [0.25, 0.3) is 5.69 Å². The van der Waals surface area contributed by atoms with Crippen molar-refractivity contribution in [2.24, 2.45) is 0 Å². The molecular weight excluding hydrogens is 246 g/mol. The van der Waals surface area contributed by atoms with Crippen LogP contribution in [0.4, 0.5) is 23.2 Å². The number of alkyl halides is 3. The molecule has 0 radical (unpaired) electrons. The fourth-order valence-corrected chi connectivity index (χ4v) is 1.08. The molecule has 0 unspecified atom stereocenters. The zero-order valence-corrected chi connectivity index (χ0v) is 8.12. The van der Waals surface area contributed by atoms with Crippen LogP contribution >= 0.6 is 0 Å². The van der Waals surface area contributed by atoms with E-state index in [2.05, 4.69) is 0 Å². The molecule has 1 aromatic carbocycles. The molecule has 17 heavy (non-hydrogen) atoms. The van der Waals surface area contributed by atoms with E-state index in [0.717, 1.165) is 6.07 Å². The summed E-state index contributed by atoms with van der Waals surface area (Å²) >= 11 is 0. The lowest BCUT2D eigenvalue weighted by molar-refractivity contribution is -0.385. The number of benzene rings is 1. The minimum atomic E-state index is -5.09. The predicted octanol–water partition coefficient (Wildman–Crippen LogP) is 2.41. The highest BCUT2D eigenvalue weighted by molar-refractivity contribution is 5.86. The first-order valence-corrected chi connectivity index (χ1v) is 4.24. The first-order chi connectivity index (χ1) is 7.71. The third-order valence-electron chi connectivity index (χ3n) is 1.91. The van der Waals surface area contributed by atoms with Crippen LogP contribution in [0.15, 0.2) is 18.2 Å². The van der Waals surface area contributed by atoms with Crippen LogP contribution in [0.5, 0.6) is 0 Å². The fraction of sp³-hybridized carbons (Fsp3) is 0.222. The lowest BCUT2D eigenvalue weighted by atomic mass is 10.1. The molecule has 0 saturated carbocycles. The highest BCUT2D eigenvalue weighted by atomic mass is 19.4. The maximum atomic E-state index is 13.0. The van der Waals surface area contributed by atoms with Gasteiger partial charge in [-0.2, -0.15) is 13.2 Å². The highest BCUT2D eigenvalue weighted by Gasteiger charge is 2.38. The Balaban J connectivity index is 3.02. The van der Waals surface area contributed by atoms with Crippen molar-refractivity contribution < 1.29 is 27.3 Å². The quantitative estimate of drug-likeness (QED) is 0.470. The second kappa shape index (κ2) is 4.48. The van der Waals surface area contributed by atoms with Crippen molar-refractivity contribution in [1.29, 1.82) is 0 Å². The highest BCUT2D eigenvalue weighted by Crippen LogP contribution is 2.22. The molecule has 4 nitrogen and oxygen atoms in total. The predicted molar refractivity (Wildman–Crippen MR) is 47.8 cm³/mol. The van der Waals surface area contributed by atoms with E-state index in [4.69, 9.17) is 0 Å². The van der Waals surface area contributed by atoms with Gasteiger partial charge in [0, 0.05) is 24.1 Å². The molecule has 0 saturated heterocycles. The number of nitro benzene ring substituents is 1. The van der Waals surface area contributed by atoms with E-state index >= 15 is 0 Å². The Morgan fingerprint density at radius 1 is 1.35 bits per heavy atom. The van der Waals surface area contributed by atoms with Crippen molar-refractivity contribution >= 4 is 11.5 Å². The minimum Gasteiger partial charge on any atom is -0.289 e. The third-order valence-corrected chi connectivity index (χ3v) is 1.91. The van der Waals surface area contributed by atoms with Gasteiger partial charge in [-0.25, -0.2) is 4.39 Å². The van der Waals surface area contributed by atoms with Crippen LogP contribution in [0.2, 0.25) is 0 Å². The van der Waals surface area contributed by atoms with Gasteiger partial charge in [-0.3, -0.25) is 14.9 Å². The molecule has 0 bridgehead atoms. The van der Waals surface area contributed by atoms with E-state index in [0.29, 0.717) is 12.1 Å². The van der Waals surface area contributed by atoms with E-state index < -0.39 is 40.4 Å². The number of non-ortho nitro benzene ring substituents is 1. The number of halogens is 4. The largest absolute Gasteiger partial charge is 0.450 e. The van der Waals surface area contributed by atoms with Crippen molar-refractivity contribution in [3.63, 3.8) is 0 Å². The molecule has 0 heterocycles. The molecule has 0 fully saturated rings. The van der Waals surface area contributed by atoms with Gasteiger partial charge >= 0.3 is 6.18 Å². The number of hydrogen-bond acceptors (Lipinski definition) is 3. The molecule has 0 amide bonds. The average Bonchev–Trinajstić information content (AvgIpc) is 2.19. The number of nitrogens with zero attached hydrogens (tertiary/aromatic N) is 1. The SMILES string of the molecule is O=C(Cc1cc([N+](=O)[O-])ccc1F)C(F)(F)F. The van der Waals surface area contributed by atoms with Gasteiger partial charge in [0.2, 0.25) is 5.78 Å². The van der Waals surface area contributed by atoms with Crippen molar-refractivity contribution in [1.82, 2.24) is 0 Å². The van der Waals surface area contributed by atoms with E-state index in [9.17, 15) is 32.5 Å². The molecular formula is C9H5F4NO3. The summed E-state index contributed by atoms with van der Waals surface area (Å²) in [6.45, 7) is 0. The van der Waals surface area contributed by atoms with Crippen molar-refractivity contribution in [3.05, 3.63) is 39.7 Å². The molecule has 0 aliphatic heterocycles. The maximum absolute atomic E-state index is 13.0. The summed E-state index contributed by atoms with van der Waals surface area (Å²) in [7, 11) is 0. The number of hydrogen-bond donors (Lipinski definition) is 0. The van der Waals surface area contributed by atoms with Gasteiger partial charge in [-0.1, -0.05) is 0 Å². The summed E-state index contributed by atoms with van der Waals surface area (Å²) in [4.78, 5) is 20.0. The van der Waals surface area contributed by atoms with Gasteiger partial charge in [0.15, 0.2) is 0 Å². The summed E-state index contributed by atoms with van der Waals surface area (Å²) in [6, 6.07) is 2.06. The summed E-state index contributed by atoms with van der Waals surface area (Å²) in [5.74, 6) is -3.25. The number of carbonyl (C=O) groups excluding carboxylic acids is 1. The molecule has 0 aliphatic carbocycles. The molecule has 0 aromatic heterocycles. The Hall–Kier alpha value is -1.99. The monoisotopic (exact) mass is 251 g/mol. The topological polar surface area (TPSA) is 60.2 Å². The van der Waals surface area contributed by atoms with E-state index in [1.165, 1.54) is 0 Å². The number of carbonyl (C=O) groups is 1. The van der Waals surface area contributed by atoms with Crippen molar-refractivity contribution in [2.45, 2.75) is 12.6 Å². The third kappa shape index (κ3) is 3.23. The number of Topliss-reactive ketones (excluding diaryl/α,β-unsaturated/α-hetero) is 1. The number of rotatable bonds is 3. The molecule has 0 N–H and O–H groups in total. The first-order valence-electron chi connectivity index (χ1n) is 4.24. The number of nitro groups is 1. The molecule has 0 aliphatic rings. The average molecular weight is 251 g/mol. The molecule has 1 aromatic rings. The number of ketones is 1. The molecule has 1 rings (SSSR count). The Kier molecular flexibility index (Phi) is 3.45. The van der Waals surface area contributed by atoms with Gasteiger partial charge in [0.05, 0.1) is 4.92 Å². The molecule has 8 heteroatoms. The smallest absolute Gasteiger partial charge is 0.289 e. The second-order valence-corrected chi connectivity index (χ2v) is 3.13. The Morgan fingerprint density at radius 3 is 2.41 bits per heavy atom. The van der Waals surface area contributed by atoms with Gasteiger partial charge in [-0.15, -0.1) is 0 Å². The van der Waals surface area contributed by atoms with Crippen LogP contribution < -0.4 is 0 Å². The summed E-state index contributed by atoms with van der Waals surface area (Å²) in [5, 5.41) is 10.3. The molecule has 0 spiro atoms. The lowest BCUT2D eigenvalue weighted by Gasteiger charge is -2.05. The van der Waals surface area contributed by atoms with Crippen LogP contribution in [0, 0.1) is 15.9 Å². The lowest BCUT2D eigenvalue weighted by Crippen LogP contribution is -2.25. The Labute approximate surface area is 92.0 Å². The van der Waals surface area contributed by atoms with Crippen LogP contribution in [-0.2, 0) is 11.2 Å². The van der Waals surface area contributed by atoms with Gasteiger partial charge in [-0.05, 0) is 6.07 Å². The fourth-order valence-electron chi connectivity index (χ4n) is 1.08. The molecule has 92 valence electrons. The summed E-state index contributed by atoms with van der Waals surface area (Å²) in [6.07, 6.45) is -6.34. The van der Waals surface area contributed by atoms with Crippen LogP contribution in [-0.4, -0.2) is 16.9 Å². The Bertz CT molecular complexity index is 470. The van der Waals surface area contributed by atoms with E-state index in [1.807, 2.05) is 0 Å². The van der Waals surface area contributed by atoms with Crippen molar-refractivity contribution in [2.75, 3.05) is 0 Å². The van der Waals surface area contributed by atoms with Gasteiger partial charge in [0.1, 0.15) is 5.82 Å². The zero-order valence-electron chi connectivity index (χ0n) is 8.12. The van der Waals surface area contributed by atoms with Crippen LogP contribution in [0.1, 0.15) is 5.56 Å². The zero-order chi connectivity index (χ0) is 13.2. The van der Waals surface area contributed by atoms with E-state index in [-0.39, 0.29) is 0 Å². The molecule has 0 atom stereocenters. The maximum Gasteiger partial charge on any atom is 0.450 e. The van der Waals surface area contributed by atoms with Crippen molar-refractivity contribution in [3.8, 4) is 0 Å². The second-order valence-electron chi connectivity index (χ2n) is 3.13. The minimum absolute atomic E-state index is 0.573. The summed E-state index contributed by atoms with van der Waals surface area (Å²) in [5.41, 5.74) is -1.22. The summed E-state index contributed by atoms with van der Waals surface area (Å²) < 4.78 is 48.8. The standard InChI is InChI=1S/C9H5F4NO3/c10-7-2-1-6(14(16)17)3-5(7)4-8(15)9(11,12)13/h1-3H,4H2. The Morgan fingerprint density at radius 2 is 1.94 bits per heavy atom. The normalized spacial score (nSPS) is 11.3. The van der Waals surface area contributed by atoms with E-state index in [1.54, 1.807) is 0 Å². The first kappa shape index (κ1) is 13.1. The van der Waals surface area contributed by atoms with Crippen LogP contribution in [0.3, 0.4) is 0 Å². The van der Waals surface area contributed by atoms with Crippen LogP contribution in [0.25, 0.3) is 0 Å². The van der Waals surface area contributed by atoms with Gasteiger partial charge < -0.3 is 0 Å².